The summed E-state index contributed by atoms with van der Waals surface area (Å²) < 4.78 is 2.52. The van der Waals surface area contributed by atoms with Crippen molar-refractivity contribution in [3.05, 3.63) is 99.3 Å². The van der Waals surface area contributed by atoms with Crippen LogP contribution in [0, 0.1) is 0 Å². The molecule has 0 aliphatic carbocycles. The third-order valence-electron chi connectivity index (χ3n) is 4.16. The predicted octanol–water partition coefficient (Wildman–Crippen LogP) is 4.57. The Labute approximate surface area is 159 Å². The van der Waals surface area contributed by atoms with Crippen molar-refractivity contribution in [1.82, 2.24) is 9.66 Å². The molecule has 4 nitrogen and oxygen atoms in total. The Kier molecular flexibility index (Phi) is 4.54. The molecule has 0 aliphatic heterocycles. The molecule has 3 aromatic carbocycles. The predicted molar refractivity (Wildman–Crippen MR) is 109 cm³/mol. The standard InChI is InChI=1S/C21H16BrN3O/c22-17-12-10-16(11-13-17)20-24-19-9-5-4-8-18(19)21(26)25(20)23-14-15-6-2-1-3-7-15/h1-13,23H,14H2. The van der Waals surface area contributed by atoms with E-state index in [1.165, 1.54) is 0 Å². The molecule has 0 amide bonds. The molecule has 1 heterocycles. The van der Waals surface area contributed by atoms with Crippen LogP contribution in [0.15, 0.2) is 88.1 Å². The molecule has 128 valence electrons. The van der Waals surface area contributed by atoms with Gasteiger partial charge in [0.15, 0.2) is 5.82 Å². The van der Waals surface area contributed by atoms with Gasteiger partial charge in [-0.25, -0.2) is 9.66 Å². The number of hydrogen-bond acceptors (Lipinski definition) is 3. The first-order chi connectivity index (χ1) is 12.7. The number of nitrogens with zero attached hydrogens (tertiary/aromatic N) is 2. The molecule has 26 heavy (non-hydrogen) atoms. The van der Waals surface area contributed by atoms with Crippen LogP contribution >= 0.6 is 15.9 Å². The summed E-state index contributed by atoms with van der Waals surface area (Å²) in [5, 5.41) is 0.592. The van der Waals surface area contributed by atoms with Crippen molar-refractivity contribution in [3.63, 3.8) is 0 Å². The van der Waals surface area contributed by atoms with Gasteiger partial charge in [0.05, 0.1) is 17.4 Å². The van der Waals surface area contributed by atoms with E-state index in [-0.39, 0.29) is 5.56 Å². The van der Waals surface area contributed by atoms with Gasteiger partial charge in [-0.15, -0.1) is 0 Å². The number of hydrogen-bond donors (Lipinski definition) is 1. The summed E-state index contributed by atoms with van der Waals surface area (Å²) in [7, 11) is 0. The van der Waals surface area contributed by atoms with E-state index in [4.69, 9.17) is 4.98 Å². The Hall–Kier alpha value is -2.92. The Balaban J connectivity index is 1.85. The van der Waals surface area contributed by atoms with Gasteiger partial charge in [0, 0.05) is 10.0 Å². The second-order valence-corrected chi connectivity index (χ2v) is 6.84. The van der Waals surface area contributed by atoms with Gasteiger partial charge in [0.2, 0.25) is 0 Å². The van der Waals surface area contributed by atoms with Crippen LogP contribution in [-0.4, -0.2) is 9.66 Å². The van der Waals surface area contributed by atoms with E-state index in [9.17, 15) is 4.79 Å². The van der Waals surface area contributed by atoms with E-state index in [1.807, 2.05) is 72.8 Å². The quantitative estimate of drug-likeness (QED) is 0.540. The van der Waals surface area contributed by atoms with Crippen LogP contribution in [0.3, 0.4) is 0 Å². The molecule has 0 saturated carbocycles. The molecule has 4 aromatic rings. The number of benzene rings is 3. The fraction of sp³-hybridized carbons (Fsp3) is 0.0476. The first-order valence-electron chi connectivity index (χ1n) is 8.28. The number of rotatable bonds is 4. The molecule has 0 saturated heterocycles. The van der Waals surface area contributed by atoms with E-state index >= 15 is 0 Å². The number of aromatic nitrogens is 2. The summed E-state index contributed by atoms with van der Waals surface area (Å²) in [4.78, 5) is 17.8. The molecule has 0 bridgehead atoms. The van der Waals surface area contributed by atoms with Crippen LogP contribution in [0.2, 0.25) is 0 Å². The van der Waals surface area contributed by atoms with Gasteiger partial charge in [0.1, 0.15) is 0 Å². The average Bonchev–Trinajstić information content (AvgIpc) is 2.69. The van der Waals surface area contributed by atoms with Crippen molar-refractivity contribution >= 4 is 26.8 Å². The monoisotopic (exact) mass is 405 g/mol. The van der Waals surface area contributed by atoms with Gasteiger partial charge in [-0.05, 0) is 29.8 Å². The highest BCUT2D eigenvalue weighted by Crippen LogP contribution is 2.21. The van der Waals surface area contributed by atoms with Crippen molar-refractivity contribution in [3.8, 4) is 11.4 Å². The van der Waals surface area contributed by atoms with E-state index in [0.717, 1.165) is 15.6 Å². The van der Waals surface area contributed by atoms with E-state index in [1.54, 1.807) is 10.7 Å². The van der Waals surface area contributed by atoms with Gasteiger partial charge in [-0.2, -0.15) is 0 Å². The van der Waals surface area contributed by atoms with Crippen molar-refractivity contribution in [2.45, 2.75) is 6.54 Å². The van der Waals surface area contributed by atoms with Crippen molar-refractivity contribution < 1.29 is 0 Å². The molecule has 4 rings (SSSR count). The van der Waals surface area contributed by atoms with Gasteiger partial charge in [-0.3, -0.25) is 4.79 Å². The highest BCUT2D eigenvalue weighted by Gasteiger charge is 2.12. The highest BCUT2D eigenvalue weighted by atomic mass is 79.9. The largest absolute Gasteiger partial charge is 0.317 e. The van der Waals surface area contributed by atoms with Crippen LogP contribution < -0.4 is 11.0 Å². The van der Waals surface area contributed by atoms with Gasteiger partial charge in [0.25, 0.3) is 5.56 Å². The summed E-state index contributed by atoms with van der Waals surface area (Å²) in [6.07, 6.45) is 0. The molecule has 0 unspecified atom stereocenters. The maximum Gasteiger partial charge on any atom is 0.280 e. The topological polar surface area (TPSA) is 46.9 Å². The molecule has 0 fully saturated rings. The minimum atomic E-state index is -0.107. The zero-order valence-electron chi connectivity index (χ0n) is 13.9. The van der Waals surface area contributed by atoms with E-state index in [2.05, 4.69) is 21.4 Å². The summed E-state index contributed by atoms with van der Waals surface area (Å²) in [6.45, 7) is 0.532. The molecule has 0 aliphatic rings. The van der Waals surface area contributed by atoms with Crippen LogP contribution in [0.4, 0.5) is 0 Å². The molecular weight excluding hydrogens is 390 g/mol. The summed E-state index contributed by atoms with van der Waals surface area (Å²) in [5.74, 6) is 0.595. The Morgan fingerprint density at radius 1 is 0.885 bits per heavy atom. The third kappa shape index (κ3) is 3.26. The number of para-hydroxylation sites is 1. The second-order valence-electron chi connectivity index (χ2n) is 5.92. The minimum Gasteiger partial charge on any atom is -0.317 e. The van der Waals surface area contributed by atoms with E-state index in [0.29, 0.717) is 23.3 Å². The Bertz CT molecular complexity index is 1110. The lowest BCUT2D eigenvalue weighted by Crippen LogP contribution is -2.31. The van der Waals surface area contributed by atoms with Gasteiger partial charge >= 0.3 is 0 Å². The summed E-state index contributed by atoms with van der Waals surface area (Å²) in [6, 6.07) is 25.2. The molecule has 1 N–H and O–H groups in total. The maximum atomic E-state index is 13.1. The number of nitrogens with one attached hydrogen (secondary N) is 1. The van der Waals surface area contributed by atoms with Crippen molar-refractivity contribution in [2.24, 2.45) is 0 Å². The van der Waals surface area contributed by atoms with Gasteiger partial charge < -0.3 is 5.43 Å². The maximum absolute atomic E-state index is 13.1. The summed E-state index contributed by atoms with van der Waals surface area (Å²) in [5.41, 5.74) is 5.78. The summed E-state index contributed by atoms with van der Waals surface area (Å²) >= 11 is 3.45. The molecular formula is C21H16BrN3O. The highest BCUT2D eigenvalue weighted by molar-refractivity contribution is 9.10. The second kappa shape index (κ2) is 7.14. The van der Waals surface area contributed by atoms with E-state index < -0.39 is 0 Å². The normalized spacial score (nSPS) is 10.8. The SMILES string of the molecule is O=c1c2ccccc2nc(-c2ccc(Br)cc2)n1NCc1ccccc1. The third-order valence-corrected chi connectivity index (χ3v) is 4.69. The molecule has 1 aromatic heterocycles. The molecule has 0 spiro atoms. The molecule has 0 atom stereocenters. The first kappa shape index (κ1) is 16.5. The molecule has 0 radical (unpaired) electrons. The first-order valence-corrected chi connectivity index (χ1v) is 9.07. The van der Waals surface area contributed by atoms with Crippen LogP contribution in [-0.2, 0) is 6.54 Å². The van der Waals surface area contributed by atoms with Crippen LogP contribution in [0.1, 0.15) is 5.56 Å². The number of halogens is 1. The zero-order chi connectivity index (χ0) is 17.9. The number of fused-ring (bicyclic) bond motifs is 1. The Morgan fingerprint density at radius 3 is 2.35 bits per heavy atom. The smallest absolute Gasteiger partial charge is 0.280 e. The van der Waals surface area contributed by atoms with Crippen LogP contribution in [0.25, 0.3) is 22.3 Å². The lowest BCUT2D eigenvalue weighted by Gasteiger charge is -2.15. The van der Waals surface area contributed by atoms with Crippen LogP contribution in [0.5, 0.6) is 0 Å². The lowest BCUT2D eigenvalue weighted by molar-refractivity contribution is 0.801. The fourth-order valence-corrected chi connectivity index (χ4v) is 3.10. The average molecular weight is 406 g/mol. The minimum absolute atomic E-state index is 0.107. The fourth-order valence-electron chi connectivity index (χ4n) is 2.84. The van der Waals surface area contributed by atoms with Crippen molar-refractivity contribution in [1.29, 1.82) is 0 Å². The van der Waals surface area contributed by atoms with Crippen molar-refractivity contribution in [2.75, 3.05) is 5.43 Å². The zero-order valence-corrected chi connectivity index (χ0v) is 15.5. The van der Waals surface area contributed by atoms with Gasteiger partial charge in [-0.1, -0.05) is 70.5 Å². The molecule has 5 heteroatoms. The lowest BCUT2D eigenvalue weighted by atomic mass is 10.2. The Morgan fingerprint density at radius 2 is 1.58 bits per heavy atom.